The summed E-state index contributed by atoms with van der Waals surface area (Å²) in [6.45, 7) is 2.08. The number of piperazine rings is 1. The van der Waals surface area contributed by atoms with Gasteiger partial charge in [-0.25, -0.2) is 0 Å². The van der Waals surface area contributed by atoms with Crippen molar-refractivity contribution >= 4 is 11.8 Å². The van der Waals surface area contributed by atoms with Gasteiger partial charge in [0, 0.05) is 38.3 Å². The maximum Gasteiger partial charge on any atom is 0.416 e. The van der Waals surface area contributed by atoms with Gasteiger partial charge in [-0.1, -0.05) is 60.7 Å². The number of nitrogens with zero attached hydrogens (tertiary/aromatic N) is 2. The molecular weight excluding hydrogens is 455 g/mol. The van der Waals surface area contributed by atoms with Crippen molar-refractivity contribution in [2.45, 2.75) is 18.8 Å². The van der Waals surface area contributed by atoms with Gasteiger partial charge in [0.15, 0.2) is 0 Å². The Bertz CT molecular complexity index is 1130. The molecule has 0 radical (unpaired) electrons. The zero-order chi connectivity index (χ0) is 24.8. The third-order valence-electron chi connectivity index (χ3n) is 6.10. The average Bonchev–Trinajstić information content (AvgIpc) is 2.88. The van der Waals surface area contributed by atoms with Gasteiger partial charge in [-0.3, -0.25) is 14.5 Å². The first kappa shape index (κ1) is 24.5. The van der Waals surface area contributed by atoms with E-state index in [9.17, 15) is 22.8 Å². The number of rotatable bonds is 6. The molecule has 1 aliphatic rings. The summed E-state index contributed by atoms with van der Waals surface area (Å²) >= 11 is 0. The van der Waals surface area contributed by atoms with Crippen LogP contribution in [0.2, 0.25) is 0 Å². The number of carbonyl (C=O) groups excluding carboxylic acids is 2. The van der Waals surface area contributed by atoms with Crippen LogP contribution in [0.1, 0.15) is 33.1 Å². The largest absolute Gasteiger partial charge is 0.416 e. The molecule has 8 heteroatoms. The molecule has 1 atom stereocenters. The SMILES string of the molecule is O=C(NCc1ccccc1)[C@@H](c1ccccc1)N1CCN(C(=O)c2ccc(C(F)(F)F)cc2)CC1. The summed E-state index contributed by atoms with van der Waals surface area (Å²) in [6.07, 6.45) is -4.44. The molecular formula is C27H26F3N3O2. The van der Waals surface area contributed by atoms with Crippen LogP contribution in [0.25, 0.3) is 0 Å². The first-order chi connectivity index (χ1) is 16.8. The van der Waals surface area contributed by atoms with E-state index in [2.05, 4.69) is 5.32 Å². The zero-order valence-corrected chi connectivity index (χ0v) is 19.0. The summed E-state index contributed by atoms with van der Waals surface area (Å²) in [6, 6.07) is 22.9. The highest BCUT2D eigenvalue weighted by Gasteiger charge is 2.33. The van der Waals surface area contributed by atoms with Gasteiger partial charge in [0.25, 0.3) is 5.91 Å². The monoisotopic (exact) mass is 481 g/mol. The smallest absolute Gasteiger partial charge is 0.350 e. The quantitative estimate of drug-likeness (QED) is 0.563. The summed E-state index contributed by atoms with van der Waals surface area (Å²) in [5.74, 6) is -0.439. The van der Waals surface area contributed by atoms with Crippen molar-refractivity contribution in [2.24, 2.45) is 0 Å². The standard InChI is InChI=1S/C27H26F3N3O2/c28-27(29,30)23-13-11-22(12-14-23)26(35)33-17-15-32(16-18-33)24(21-9-5-2-6-10-21)25(34)31-19-20-7-3-1-4-8-20/h1-14,24H,15-19H2,(H,31,34)/t24-/m1/s1. The molecule has 0 aliphatic carbocycles. The van der Waals surface area contributed by atoms with Crippen LogP contribution in [0, 0.1) is 0 Å². The lowest BCUT2D eigenvalue weighted by molar-refractivity contribution is -0.137. The van der Waals surface area contributed by atoms with Crippen molar-refractivity contribution < 1.29 is 22.8 Å². The number of alkyl halides is 3. The molecule has 182 valence electrons. The minimum atomic E-state index is -4.44. The van der Waals surface area contributed by atoms with Crippen molar-refractivity contribution in [3.05, 3.63) is 107 Å². The summed E-state index contributed by atoms with van der Waals surface area (Å²) < 4.78 is 38.5. The van der Waals surface area contributed by atoms with E-state index in [1.807, 2.05) is 65.6 Å². The third kappa shape index (κ3) is 6.08. The molecule has 5 nitrogen and oxygen atoms in total. The van der Waals surface area contributed by atoms with E-state index < -0.39 is 17.8 Å². The zero-order valence-electron chi connectivity index (χ0n) is 19.0. The normalized spacial score (nSPS) is 15.5. The molecule has 4 rings (SSSR count). The van der Waals surface area contributed by atoms with Crippen molar-refractivity contribution in [3.63, 3.8) is 0 Å². The van der Waals surface area contributed by atoms with E-state index in [1.165, 1.54) is 12.1 Å². The Hall–Kier alpha value is -3.65. The van der Waals surface area contributed by atoms with Crippen molar-refractivity contribution in [1.82, 2.24) is 15.1 Å². The predicted molar refractivity (Wildman–Crippen MR) is 126 cm³/mol. The van der Waals surface area contributed by atoms with Gasteiger partial charge < -0.3 is 10.2 Å². The van der Waals surface area contributed by atoms with Crippen LogP contribution in [-0.4, -0.2) is 47.8 Å². The Kier molecular flexibility index (Phi) is 7.51. The maximum atomic E-state index is 13.2. The lowest BCUT2D eigenvalue weighted by Gasteiger charge is -2.38. The Labute approximate surface area is 202 Å². The van der Waals surface area contributed by atoms with Crippen LogP contribution in [0.3, 0.4) is 0 Å². The fourth-order valence-electron chi connectivity index (χ4n) is 4.21. The van der Waals surface area contributed by atoms with Crippen LogP contribution in [0.4, 0.5) is 13.2 Å². The Morgan fingerprint density at radius 3 is 1.94 bits per heavy atom. The molecule has 2 amide bonds. The minimum Gasteiger partial charge on any atom is -0.350 e. The second kappa shape index (κ2) is 10.7. The highest BCUT2D eigenvalue weighted by atomic mass is 19.4. The molecule has 1 aliphatic heterocycles. The van der Waals surface area contributed by atoms with E-state index in [4.69, 9.17) is 0 Å². The average molecular weight is 482 g/mol. The molecule has 35 heavy (non-hydrogen) atoms. The van der Waals surface area contributed by atoms with Crippen LogP contribution in [0.5, 0.6) is 0 Å². The van der Waals surface area contributed by atoms with Gasteiger partial charge in [-0.15, -0.1) is 0 Å². The molecule has 1 N–H and O–H groups in total. The van der Waals surface area contributed by atoms with E-state index in [1.54, 1.807) is 4.90 Å². The molecule has 0 spiro atoms. The van der Waals surface area contributed by atoms with Gasteiger partial charge in [0.2, 0.25) is 5.91 Å². The third-order valence-corrected chi connectivity index (χ3v) is 6.10. The number of nitrogens with one attached hydrogen (secondary N) is 1. The minimum absolute atomic E-state index is 0.123. The lowest BCUT2D eigenvalue weighted by atomic mass is 10.0. The number of hydrogen-bond acceptors (Lipinski definition) is 3. The van der Waals surface area contributed by atoms with Crippen LogP contribution in [0.15, 0.2) is 84.9 Å². The van der Waals surface area contributed by atoms with Crippen molar-refractivity contribution in [1.29, 1.82) is 0 Å². The number of carbonyl (C=O) groups is 2. The molecule has 0 saturated carbocycles. The van der Waals surface area contributed by atoms with Gasteiger partial charge in [-0.05, 0) is 35.4 Å². The van der Waals surface area contributed by atoms with E-state index in [-0.39, 0.29) is 17.4 Å². The number of benzene rings is 3. The second-order valence-corrected chi connectivity index (χ2v) is 8.42. The van der Waals surface area contributed by atoms with Gasteiger partial charge in [0.1, 0.15) is 6.04 Å². The number of hydrogen-bond donors (Lipinski definition) is 1. The molecule has 1 fully saturated rings. The Balaban J connectivity index is 1.42. The fourth-order valence-corrected chi connectivity index (χ4v) is 4.21. The molecule has 3 aromatic carbocycles. The number of halogens is 3. The number of amides is 2. The van der Waals surface area contributed by atoms with E-state index >= 15 is 0 Å². The van der Waals surface area contributed by atoms with Gasteiger partial charge >= 0.3 is 6.18 Å². The van der Waals surface area contributed by atoms with E-state index in [0.29, 0.717) is 32.7 Å². The molecule has 1 saturated heterocycles. The van der Waals surface area contributed by atoms with Crippen molar-refractivity contribution in [2.75, 3.05) is 26.2 Å². The summed E-state index contributed by atoms with van der Waals surface area (Å²) in [7, 11) is 0. The first-order valence-electron chi connectivity index (χ1n) is 11.4. The van der Waals surface area contributed by atoms with Crippen LogP contribution < -0.4 is 5.32 Å². The molecule has 0 bridgehead atoms. The highest BCUT2D eigenvalue weighted by Crippen LogP contribution is 2.29. The molecule has 1 heterocycles. The highest BCUT2D eigenvalue weighted by molar-refractivity contribution is 5.94. The summed E-state index contributed by atoms with van der Waals surface area (Å²) in [4.78, 5) is 29.7. The first-order valence-corrected chi connectivity index (χ1v) is 11.4. The van der Waals surface area contributed by atoms with Gasteiger partial charge in [-0.2, -0.15) is 13.2 Å². The lowest BCUT2D eigenvalue weighted by Crippen LogP contribution is -2.52. The molecule has 0 unspecified atom stereocenters. The summed E-state index contributed by atoms with van der Waals surface area (Å²) in [5.41, 5.74) is 1.29. The predicted octanol–water partition coefficient (Wildman–Crippen LogP) is 4.52. The second-order valence-electron chi connectivity index (χ2n) is 8.42. The molecule has 3 aromatic rings. The Morgan fingerprint density at radius 1 is 0.800 bits per heavy atom. The maximum absolute atomic E-state index is 13.2. The Morgan fingerprint density at radius 2 is 1.37 bits per heavy atom. The topological polar surface area (TPSA) is 52.7 Å². The summed E-state index contributed by atoms with van der Waals surface area (Å²) in [5, 5.41) is 3.02. The molecule has 0 aromatic heterocycles. The van der Waals surface area contributed by atoms with Crippen LogP contribution >= 0.6 is 0 Å². The van der Waals surface area contributed by atoms with E-state index in [0.717, 1.165) is 23.3 Å². The van der Waals surface area contributed by atoms with Crippen LogP contribution in [-0.2, 0) is 17.5 Å². The van der Waals surface area contributed by atoms with Crippen molar-refractivity contribution in [3.8, 4) is 0 Å². The van der Waals surface area contributed by atoms with Gasteiger partial charge in [0.05, 0.1) is 5.56 Å². The fraction of sp³-hybridized carbons (Fsp3) is 0.259.